The fraction of sp³-hybridized carbons (Fsp3) is 0.0476. The first-order valence-electron chi connectivity index (χ1n) is 9.08. The van der Waals surface area contributed by atoms with Gasteiger partial charge in [0.1, 0.15) is 12.1 Å². The topological polar surface area (TPSA) is 89.0 Å². The minimum Gasteiger partial charge on any atom is -0.438 e. The van der Waals surface area contributed by atoms with Crippen LogP contribution in [0.2, 0.25) is 0 Å². The zero-order chi connectivity index (χ0) is 22.7. The molecule has 0 bridgehead atoms. The molecule has 0 aliphatic rings. The molecule has 4 rings (SSSR count). The number of para-hydroxylation sites is 1. The number of hydrogen-bond acceptors (Lipinski definition) is 5. The lowest BCUT2D eigenvalue weighted by molar-refractivity contribution is -0.136. The van der Waals surface area contributed by atoms with E-state index in [-0.39, 0.29) is 5.69 Å². The lowest BCUT2D eigenvalue weighted by Gasteiger charge is -2.14. The lowest BCUT2D eigenvalue weighted by Crippen LogP contribution is -2.21. The van der Waals surface area contributed by atoms with Crippen LogP contribution in [-0.4, -0.2) is 21.0 Å². The molecule has 0 fully saturated rings. The van der Waals surface area contributed by atoms with Gasteiger partial charge in [0.2, 0.25) is 5.88 Å². The zero-order valence-corrected chi connectivity index (χ0v) is 17.6. The Kier molecular flexibility index (Phi) is 5.91. The highest BCUT2D eigenvalue weighted by Crippen LogP contribution is 2.34. The number of alkyl halides is 3. The van der Waals surface area contributed by atoms with Crippen molar-refractivity contribution in [2.24, 2.45) is 0 Å². The Hall–Kier alpha value is -3.73. The Morgan fingerprint density at radius 2 is 1.72 bits per heavy atom. The van der Waals surface area contributed by atoms with Gasteiger partial charge in [-0.2, -0.15) is 13.2 Å². The van der Waals surface area contributed by atoms with Crippen molar-refractivity contribution in [1.82, 2.24) is 15.0 Å². The van der Waals surface area contributed by atoms with Gasteiger partial charge in [-0.25, -0.2) is 19.7 Å². The molecule has 4 aromatic rings. The van der Waals surface area contributed by atoms with E-state index in [0.29, 0.717) is 28.4 Å². The summed E-state index contributed by atoms with van der Waals surface area (Å²) < 4.78 is 45.7. The Morgan fingerprint density at radius 3 is 2.47 bits per heavy atom. The second-order valence-electron chi connectivity index (χ2n) is 6.45. The maximum Gasteiger partial charge on any atom is 0.418 e. The van der Waals surface area contributed by atoms with E-state index in [1.807, 2.05) is 0 Å². The minimum atomic E-state index is -4.58. The third-order valence-electron chi connectivity index (χ3n) is 4.23. The molecule has 2 amide bonds. The molecule has 0 spiro atoms. The SMILES string of the molecule is O=C(Nc1ccc(Oc2ncnc3ncc(Br)cc23)cc1)Nc1ccccc1C(F)(F)F. The summed E-state index contributed by atoms with van der Waals surface area (Å²) in [6, 6.07) is 11.9. The van der Waals surface area contributed by atoms with Crippen LogP contribution in [0.15, 0.2) is 71.6 Å². The minimum absolute atomic E-state index is 0.297. The zero-order valence-electron chi connectivity index (χ0n) is 16.0. The lowest BCUT2D eigenvalue weighted by atomic mass is 10.1. The van der Waals surface area contributed by atoms with Crippen molar-refractivity contribution >= 4 is 44.4 Å². The fourth-order valence-electron chi connectivity index (χ4n) is 2.82. The molecule has 0 radical (unpaired) electrons. The number of nitrogens with zero attached hydrogens (tertiary/aromatic N) is 3. The number of aromatic nitrogens is 3. The standard InChI is InChI=1S/C21H13BrF3N5O2/c22-12-9-15-18(26-10-12)27-11-28-19(15)32-14-7-5-13(6-8-14)29-20(31)30-17-4-2-1-3-16(17)21(23,24)25/h1-11H,(H2,29,30,31). The van der Waals surface area contributed by atoms with Crippen LogP contribution in [0, 0.1) is 0 Å². The predicted octanol–water partition coefficient (Wildman–Crippen LogP) is 6.24. The van der Waals surface area contributed by atoms with E-state index < -0.39 is 17.8 Å². The number of rotatable bonds is 4. The van der Waals surface area contributed by atoms with E-state index in [1.54, 1.807) is 36.5 Å². The van der Waals surface area contributed by atoms with Crippen LogP contribution in [0.1, 0.15) is 5.56 Å². The van der Waals surface area contributed by atoms with Crippen LogP contribution in [0.3, 0.4) is 0 Å². The number of carbonyl (C=O) groups is 1. The van der Waals surface area contributed by atoms with Crippen LogP contribution in [0.25, 0.3) is 11.0 Å². The van der Waals surface area contributed by atoms with Crippen molar-refractivity contribution in [3.63, 3.8) is 0 Å². The maximum atomic E-state index is 13.1. The van der Waals surface area contributed by atoms with E-state index >= 15 is 0 Å². The summed E-state index contributed by atoms with van der Waals surface area (Å²) in [5.74, 6) is 0.726. The average Bonchev–Trinajstić information content (AvgIpc) is 2.75. The number of ether oxygens (including phenoxy) is 1. The largest absolute Gasteiger partial charge is 0.438 e. The summed E-state index contributed by atoms with van der Waals surface area (Å²) in [7, 11) is 0. The number of benzene rings is 2. The molecular weight excluding hydrogens is 491 g/mol. The van der Waals surface area contributed by atoms with Gasteiger partial charge in [-0.05, 0) is 58.4 Å². The van der Waals surface area contributed by atoms with Crippen LogP contribution in [0.5, 0.6) is 11.6 Å². The van der Waals surface area contributed by atoms with Gasteiger partial charge in [0.25, 0.3) is 0 Å². The van der Waals surface area contributed by atoms with Gasteiger partial charge in [0, 0.05) is 16.4 Å². The van der Waals surface area contributed by atoms with Gasteiger partial charge in [0.15, 0.2) is 5.65 Å². The number of hydrogen-bond donors (Lipinski definition) is 2. The number of pyridine rings is 1. The summed E-state index contributed by atoms with van der Waals surface area (Å²) in [6.07, 6.45) is -1.64. The highest BCUT2D eigenvalue weighted by molar-refractivity contribution is 9.10. The summed E-state index contributed by atoms with van der Waals surface area (Å²) >= 11 is 3.34. The number of halogens is 4. The highest BCUT2D eigenvalue weighted by atomic mass is 79.9. The average molecular weight is 504 g/mol. The van der Waals surface area contributed by atoms with Gasteiger partial charge in [0.05, 0.1) is 16.6 Å². The third kappa shape index (κ3) is 4.94. The molecule has 32 heavy (non-hydrogen) atoms. The second-order valence-corrected chi connectivity index (χ2v) is 7.37. The van der Waals surface area contributed by atoms with Crippen LogP contribution in [0.4, 0.5) is 29.3 Å². The molecule has 0 saturated heterocycles. The van der Waals surface area contributed by atoms with Crippen molar-refractivity contribution in [2.75, 3.05) is 10.6 Å². The number of fused-ring (bicyclic) bond motifs is 1. The van der Waals surface area contributed by atoms with Crippen molar-refractivity contribution in [1.29, 1.82) is 0 Å². The summed E-state index contributed by atoms with van der Waals surface area (Å²) in [4.78, 5) is 24.6. The van der Waals surface area contributed by atoms with Gasteiger partial charge in [-0.3, -0.25) is 0 Å². The van der Waals surface area contributed by atoms with E-state index in [9.17, 15) is 18.0 Å². The molecule has 0 saturated carbocycles. The van der Waals surface area contributed by atoms with E-state index in [4.69, 9.17) is 4.74 Å². The van der Waals surface area contributed by atoms with Gasteiger partial charge < -0.3 is 15.4 Å². The van der Waals surface area contributed by atoms with Gasteiger partial charge in [-0.1, -0.05) is 12.1 Å². The summed E-state index contributed by atoms with van der Waals surface area (Å²) in [6.45, 7) is 0. The van der Waals surface area contributed by atoms with Crippen molar-refractivity contribution < 1.29 is 22.7 Å². The Bertz CT molecular complexity index is 1280. The Labute approximate surface area is 187 Å². The maximum absolute atomic E-state index is 13.1. The quantitative estimate of drug-likeness (QED) is 0.344. The normalized spacial score (nSPS) is 11.2. The number of anilines is 2. The molecule has 0 atom stereocenters. The number of urea groups is 1. The van der Waals surface area contributed by atoms with E-state index in [0.717, 1.165) is 10.5 Å². The van der Waals surface area contributed by atoms with Crippen LogP contribution >= 0.6 is 15.9 Å². The number of carbonyl (C=O) groups excluding carboxylic acids is 1. The molecule has 11 heteroatoms. The molecule has 2 aromatic carbocycles. The monoisotopic (exact) mass is 503 g/mol. The molecule has 7 nitrogen and oxygen atoms in total. The third-order valence-corrected chi connectivity index (χ3v) is 4.66. The van der Waals surface area contributed by atoms with Gasteiger partial charge in [-0.15, -0.1) is 0 Å². The first-order valence-corrected chi connectivity index (χ1v) is 9.87. The fourth-order valence-corrected chi connectivity index (χ4v) is 3.15. The van der Waals surface area contributed by atoms with Crippen LogP contribution in [-0.2, 0) is 6.18 Å². The summed E-state index contributed by atoms with van der Waals surface area (Å²) in [5, 5.41) is 5.30. The number of nitrogens with one attached hydrogen (secondary N) is 2. The first kappa shape index (κ1) is 21.5. The number of amides is 2. The predicted molar refractivity (Wildman–Crippen MR) is 116 cm³/mol. The molecule has 0 aliphatic carbocycles. The molecule has 0 aliphatic heterocycles. The van der Waals surface area contributed by atoms with E-state index in [2.05, 4.69) is 41.5 Å². The van der Waals surface area contributed by atoms with Gasteiger partial charge >= 0.3 is 12.2 Å². The highest BCUT2D eigenvalue weighted by Gasteiger charge is 2.33. The summed E-state index contributed by atoms with van der Waals surface area (Å²) in [5.41, 5.74) is -0.450. The van der Waals surface area contributed by atoms with Crippen LogP contribution < -0.4 is 15.4 Å². The Balaban J connectivity index is 1.45. The molecule has 162 valence electrons. The Morgan fingerprint density at radius 1 is 0.969 bits per heavy atom. The first-order chi connectivity index (χ1) is 15.3. The molecule has 2 N–H and O–H groups in total. The second kappa shape index (κ2) is 8.79. The molecular formula is C21H13BrF3N5O2. The van der Waals surface area contributed by atoms with Crippen molar-refractivity contribution in [2.45, 2.75) is 6.18 Å². The van der Waals surface area contributed by atoms with Crippen molar-refractivity contribution in [3.05, 3.63) is 77.2 Å². The molecule has 0 unspecified atom stereocenters. The van der Waals surface area contributed by atoms with E-state index in [1.165, 1.54) is 24.5 Å². The molecule has 2 aromatic heterocycles. The molecule has 2 heterocycles. The van der Waals surface area contributed by atoms with Crippen molar-refractivity contribution in [3.8, 4) is 11.6 Å². The smallest absolute Gasteiger partial charge is 0.418 e.